The number of benzene rings is 1. The standard InChI is InChI=1S/C23H36N4O2/c1-4-7-14-26(15-8-5-2)16-17-27-21-12-10-19(11-13-23(28)25-29)18-20(21)24-22(27)9-6-3/h10-13,18,29H,4-9,14-17H2,1-3H3,(H,25,28)/b13-11+. The lowest BCUT2D eigenvalue weighted by molar-refractivity contribution is -0.124. The largest absolute Gasteiger partial charge is 0.327 e. The predicted octanol–water partition coefficient (Wildman–Crippen LogP) is 4.41. The molecule has 1 aromatic carbocycles. The van der Waals surface area contributed by atoms with Crippen LogP contribution in [0, 0.1) is 0 Å². The summed E-state index contributed by atoms with van der Waals surface area (Å²) in [6, 6.07) is 6.07. The monoisotopic (exact) mass is 400 g/mol. The Balaban J connectivity index is 2.22. The van der Waals surface area contributed by atoms with Crippen molar-refractivity contribution < 1.29 is 10.0 Å². The molecule has 0 fully saturated rings. The topological polar surface area (TPSA) is 70.4 Å². The third-order valence-electron chi connectivity index (χ3n) is 5.16. The van der Waals surface area contributed by atoms with Crippen LogP contribution in [0.3, 0.4) is 0 Å². The quantitative estimate of drug-likeness (QED) is 0.297. The molecule has 0 saturated carbocycles. The number of amides is 1. The molecule has 0 saturated heterocycles. The molecule has 29 heavy (non-hydrogen) atoms. The third-order valence-corrected chi connectivity index (χ3v) is 5.16. The van der Waals surface area contributed by atoms with E-state index in [-0.39, 0.29) is 0 Å². The van der Waals surface area contributed by atoms with Crippen molar-refractivity contribution in [3.8, 4) is 0 Å². The third kappa shape index (κ3) is 6.98. The molecule has 1 heterocycles. The number of nitrogens with one attached hydrogen (secondary N) is 1. The highest BCUT2D eigenvalue weighted by atomic mass is 16.5. The van der Waals surface area contributed by atoms with Crippen LogP contribution < -0.4 is 5.48 Å². The van der Waals surface area contributed by atoms with Gasteiger partial charge in [0, 0.05) is 25.6 Å². The van der Waals surface area contributed by atoms with Gasteiger partial charge in [-0.2, -0.15) is 0 Å². The molecule has 1 aromatic heterocycles. The van der Waals surface area contributed by atoms with Gasteiger partial charge in [-0.3, -0.25) is 10.0 Å². The number of rotatable bonds is 13. The van der Waals surface area contributed by atoms with E-state index in [9.17, 15) is 4.79 Å². The lowest BCUT2D eigenvalue weighted by Gasteiger charge is -2.23. The molecule has 1 amide bonds. The maximum absolute atomic E-state index is 11.2. The lowest BCUT2D eigenvalue weighted by atomic mass is 10.2. The number of aryl methyl sites for hydroxylation is 1. The molecule has 0 aliphatic carbocycles. The molecule has 6 heteroatoms. The molecule has 0 spiro atoms. The Morgan fingerprint density at radius 3 is 2.48 bits per heavy atom. The summed E-state index contributed by atoms with van der Waals surface area (Å²) in [6.07, 6.45) is 9.94. The smallest absolute Gasteiger partial charge is 0.267 e. The fourth-order valence-electron chi connectivity index (χ4n) is 3.51. The van der Waals surface area contributed by atoms with Crippen LogP contribution in [0.15, 0.2) is 24.3 Å². The number of fused-ring (bicyclic) bond motifs is 1. The summed E-state index contributed by atoms with van der Waals surface area (Å²) in [5, 5.41) is 8.62. The first-order valence-corrected chi connectivity index (χ1v) is 11.0. The van der Waals surface area contributed by atoms with Crippen LogP contribution >= 0.6 is 0 Å². The van der Waals surface area contributed by atoms with Crippen molar-refractivity contribution in [1.82, 2.24) is 19.9 Å². The van der Waals surface area contributed by atoms with Crippen LogP contribution in [0.1, 0.15) is 64.3 Å². The minimum atomic E-state index is -0.540. The highest BCUT2D eigenvalue weighted by Gasteiger charge is 2.12. The average Bonchev–Trinajstić information content (AvgIpc) is 3.08. The van der Waals surface area contributed by atoms with E-state index in [1.807, 2.05) is 12.1 Å². The van der Waals surface area contributed by atoms with E-state index in [2.05, 4.69) is 36.3 Å². The molecule has 0 aliphatic rings. The Labute approximate surface area is 174 Å². The van der Waals surface area contributed by atoms with Gasteiger partial charge in [-0.15, -0.1) is 0 Å². The molecule has 0 radical (unpaired) electrons. The van der Waals surface area contributed by atoms with Crippen LogP contribution in [-0.4, -0.2) is 45.2 Å². The molecule has 2 aromatic rings. The van der Waals surface area contributed by atoms with E-state index in [0.717, 1.165) is 61.4 Å². The summed E-state index contributed by atoms with van der Waals surface area (Å²) < 4.78 is 2.36. The molecular formula is C23H36N4O2. The van der Waals surface area contributed by atoms with Crippen molar-refractivity contribution in [2.45, 2.75) is 65.8 Å². The maximum atomic E-state index is 11.2. The highest BCUT2D eigenvalue weighted by Crippen LogP contribution is 2.20. The Hall–Kier alpha value is -2.18. The van der Waals surface area contributed by atoms with Crippen molar-refractivity contribution in [3.63, 3.8) is 0 Å². The first-order chi connectivity index (χ1) is 14.1. The van der Waals surface area contributed by atoms with Crippen molar-refractivity contribution in [3.05, 3.63) is 35.7 Å². The van der Waals surface area contributed by atoms with Gasteiger partial charge in [-0.1, -0.05) is 39.7 Å². The van der Waals surface area contributed by atoms with Crippen LogP contribution in [0.5, 0.6) is 0 Å². The van der Waals surface area contributed by atoms with Crippen molar-refractivity contribution >= 4 is 23.0 Å². The molecule has 0 bridgehead atoms. The van der Waals surface area contributed by atoms with Gasteiger partial charge in [0.2, 0.25) is 0 Å². The van der Waals surface area contributed by atoms with E-state index in [4.69, 9.17) is 10.2 Å². The lowest BCUT2D eigenvalue weighted by Crippen LogP contribution is -2.30. The summed E-state index contributed by atoms with van der Waals surface area (Å²) in [5.74, 6) is 0.587. The number of hydroxylamine groups is 1. The SMILES string of the molecule is CCCCN(CCCC)CCn1c(CCC)nc2cc(/C=C/C(=O)NO)ccc21. The van der Waals surface area contributed by atoms with Gasteiger partial charge in [0.25, 0.3) is 5.91 Å². The molecule has 160 valence electrons. The average molecular weight is 401 g/mol. The Bertz CT molecular complexity index is 790. The number of hydrogen-bond donors (Lipinski definition) is 2. The second-order valence-corrected chi connectivity index (χ2v) is 7.54. The number of carbonyl (C=O) groups excluding carboxylic acids is 1. The molecule has 0 unspecified atom stereocenters. The van der Waals surface area contributed by atoms with E-state index >= 15 is 0 Å². The van der Waals surface area contributed by atoms with Crippen molar-refractivity contribution in [2.24, 2.45) is 0 Å². The zero-order valence-electron chi connectivity index (χ0n) is 18.2. The van der Waals surface area contributed by atoms with Crippen LogP contribution in [0.2, 0.25) is 0 Å². The van der Waals surface area contributed by atoms with Crippen molar-refractivity contribution in [2.75, 3.05) is 19.6 Å². The summed E-state index contributed by atoms with van der Waals surface area (Å²) >= 11 is 0. The minimum Gasteiger partial charge on any atom is -0.327 e. The Kier molecular flexibility index (Phi) is 9.88. The molecule has 2 rings (SSSR count). The number of carbonyl (C=O) groups is 1. The van der Waals surface area contributed by atoms with Gasteiger partial charge in [0.1, 0.15) is 5.82 Å². The first-order valence-electron chi connectivity index (χ1n) is 11.0. The first kappa shape index (κ1) is 23.1. The van der Waals surface area contributed by atoms with E-state index in [1.54, 1.807) is 11.6 Å². The van der Waals surface area contributed by atoms with Gasteiger partial charge in [0.15, 0.2) is 0 Å². The summed E-state index contributed by atoms with van der Waals surface area (Å²) in [5.41, 5.74) is 4.59. The second-order valence-electron chi connectivity index (χ2n) is 7.54. The summed E-state index contributed by atoms with van der Waals surface area (Å²) in [4.78, 5) is 18.7. The zero-order valence-corrected chi connectivity index (χ0v) is 18.2. The Morgan fingerprint density at radius 2 is 1.86 bits per heavy atom. The predicted molar refractivity (Wildman–Crippen MR) is 119 cm³/mol. The maximum Gasteiger partial charge on any atom is 0.267 e. The minimum absolute atomic E-state index is 0.540. The molecule has 2 N–H and O–H groups in total. The van der Waals surface area contributed by atoms with Crippen LogP contribution in [0.25, 0.3) is 17.1 Å². The van der Waals surface area contributed by atoms with Gasteiger partial charge < -0.3 is 9.47 Å². The number of nitrogens with zero attached hydrogens (tertiary/aromatic N) is 3. The molecular weight excluding hydrogens is 364 g/mol. The number of aromatic nitrogens is 2. The number of unbranched alkanes of at least 4 members (excludes halogenated alkanes) is 2. The van der Waals surface area contributed by atoms with Gasteiger partial charge in [0.05, 0.1) is 11.0 Å². The zero-order chi connectivity index (χ0) is 21.1. The van der Waals surface area contributed by atoms with Gasteiger partial charge in [-0.05, 0) is 56.1 Å². The molecule has 0 atom stereocenters. The fourth-order valence-corrected chi connectivity index (χ4v) is 3.51. The summed E-state index contributed by atoms with van der Waals surface area (Å²) in [6.45, 7) is 11.0. The normalized spacial score (nSPS) is 11.8. The van der Waals surface area contributed by atoms with E-state index in [1.165, 1.54) is 31.8 Å². The van der Waals surface area contributed by atoms with Crippen molar-refractivity contribution in [1.29, 1.82) is 0 Å². The van der Waals surface area contributed by atoms with E-state index < -0.39 is 5.91 Å². The highest BCUT2D eigenvalue weighted by molar-refractivity contribution is 5.91. The van der Waals surface area contributed by atoms with Gasteiger partial charge in [-0.25, -0.2) is 10.5 Å². The number of imidazole rings is 1. The van der Waals surface area contributed by atoms with Crippen LogP contribution in [-0.2, 0) is 17.8 Å². The Morgan fingerprint density at radius 1 is 1.14 bits per heavy atom. The number of hydrogen-bond acceptors (Lipinski definition) is 4. The second kappa shape index (κ2) is 12.4. The van der Waals surface area contributed by atoms with Crippen LogP contribution in [0.4, 0.5) is 0 Å². The van der Waals surface area contributed by atoms with E-state index in [0.29, 0.717) is 0 Å². The summed E-state index contributed by atoms with van der Waals surface area (Å²) in [7, 11) is 0. The molecule has 0 aliphatic heterocycles. The molecule has 6 nitrogen and oxygen atoms in total. The van der Waals surface area contributed by atoms with Gasteiger partial charge >= 0.3 is 0 Å². The fraction of sp³-hybridized carbons (Fsp3) is 0.565.